The van der Waals surface area contributed by atoms with Crippen LogP contribution in [0, 0.1) is 0 Å². The molecule has 3 aromatic rings. The fourth-order valence-corrected chi connectivity index (χ4v) is 3.30. The van der Waals surface area contributed by atoms with Gasteiger partial charge >= 0.3 is 0 Å². The van der Waals surface area contributed by atoms with E-state index >= 15 is 0 Å². The number of hydrogen-bond acceptors (Lipinski definition) is 7. The molecular formula is C21H25N5O3. The highest BCUT2D eigenvalue weighted by Gasteiger charge is 2.19. The highest BCUT2D eigenvalue weighted by Crippen LogP contribution is 2.30. The number of rotatable bonds is 7. The van der Waals surface area contributed by atoms with Gasteiger partial charge in [0.05, 0.1) is 20.4 Å². The smallest absolute Gasteiger partial charge is 0.152 e. The summed E-state index contributed by atoms with van der Waals surface area (Å²) in [5.74, 6) is 2.12. The number of nitrogens with one attached hydrogen (secondary N) is 1. The average molecular weight is 395 g/mol. The van der Waals surface area contributed by atoms with Crippen LogP contribution in [-0.2, 0) is 11.3 Å². The van der Waals surface area contributed by atoms with Gasteiger partial charge in [0.25, 0.3) is 0 Å². The molecule has 8 heteroatoms. The van der Waals surface area contributed by atoms with Crippen molar-refractivity contribution in [3.63, 3.8) is 0 Å². The summed E-state index contributed by atoms with van der Waals surface area (Å²) in [7, 11) is 3.28. The summed E-state index contributed by atoms with van der Waals surface area (Å²) < 4.78 is 18.4. The minimum Gasteiger partial charge on any atom is -0.497 e. The molecule has 1 aliphatic heterocycles. The number of benzene rings is 1. The fourth-order valence-electron chi connectivity index (χ4n) is 3.30. The number of ether oxygens (including phenoxy) is 3. The molecule has 1 unspecified atom stereocenters. The van der Waals surface area contributed by atoms with E-state index in [-0.39, 0.29) is 6.23 Å². The van der Waals surface area contributed by atoms with Crippen molar-refractivity contribution in [2.75, 3.05) is 26.1 Å². The van der Waals surface area contributed by atoms with E-state index in [1.807, 2.05) is 41.2 Å². The Morgan fingerprint density at radius 2 is 2.00 bits per heavy atom. The summed E-state index contributed by atoms with van der Waals surface area (Å²) in [6.07, 6.45) is 6.92. The van der Waals surface area contributed by atoms with Crippen LogP contribution in [0.1, 0.15) is 31.1 Å². The minimum absolute atomic E-state index is 0.0121. The first kappa shape index (κ1) is 19.2. The Bertz CT molecular complexity index is 936. The Morgan fingerprint density at radius 3 is 2.72 bits per heavy atom. The number of methoxy groups -OCH3 is 2. The van der Waals surface area contributed by atoms with Crippen molar-refractivity contribution in [1.82, 2.24) is 20.0 Å². The van der Waals surface area contributed by atoms with Crippen LogP contribution < -0.4 is 14.8 Å². The van der Waals surface area contributed by atoms with Crippen molar-refractivity contribution in [2.24, 2.45) is 0 Å². The molecule has 0 spiro atoms. The van der Waals surface area contributed by atoms with Gasteiger partial charge in [-0.2, -0.15) is 5.10 Å². The van der Waals surface area contributed by atoms with Crippen LogP contribution in [0.25, 0.3) is 11.3 Å². The summed E-state index contributed by atoms with van der Waals surface area (Å²) in [6, 6.07) is 9.72. The maximum atomic E-state index is 5.79. The Hall–Kier alpha value is -3.13. The molecular weight excluding hydrogens is 370 g/mol. The molecule has 29 heavy (non-hydrogen) atoms. The first-order valence-electron chi connectivity index (χ1n) is 9.71. The molecule has 152 valence electrons. The van der Waals surface area contributed by atoms with Crippen molar-refractivity contribution in [2.45, 2.75) is 32.0 Å². The van der Waals surface area contributed by atoms with Crippen LogP contribution in [0.15, 0.2) is 42.7 Å². The molecule has 0 bridgehead atoms. The van der Waals surface area contributed by atoms with E-state index in [1.165, 1.54) is 0 Å². The minimum atomic E-state index is -0.0121. The number of hydrogen-bond donors (Lipinski definition) is 1. The molecule has 2 aromatic heterocycles. The Labute approximate surface area is 169 Å². The van der Waals surface area contributed by atoms with E-state index in [1.54, 1.807) is 20.4 Å². The molecule has 1 atom stereocenters. The van der Waals surface area contributed by atoms with Gasteiger partial charge in [0, 0.05) is 31.0 Å². The normalized spacial score (nSPS) is 16.4. The lowest BCUT2D eigenvalue weighted by atomic mass is 10.2. The lowest BCUT2D eigenvalue weighted by Gasteiger charge is -2.22. The highest BCUT2D eigenvalue weighted by atomic mass is 16.5. The summed E-state index contributed by atoms with van der Waals surface area (Å²) in [5, 5.41) is 16.4. The van der Waals surface area contributed by atoms with Gasteiger partial charge in [-0.1, -0.05) is 12.1 Å². The van der Waals surface area contributed by atoms with Gasteiger partial charge < -0.3 is 19.5 Å². The summed E-state index contributed by atoms with van der Waals surface area (Å²) >= 11 is 0. The van der Waals surface area contributed by atoms with Gasteiger partial charge in [-0.15, -0.1) is 10.2 Å². The molecule has 3 heterocycles. The summed E-state index contributed by atoms with van der Waals surface area (Å²) in [6.45, 7) is 1.40. The Balaban J connectivity index is 1.47. The molecule has 1 saturated heterocycles. The van der Waals surface area contributed by atoms with E-state index < -0.39 is 0 Å². The Morgan fingerprint density at radius 1 is 1.14 bits per heavy atom. The molecule has 0 aliphatic carbocycles. The van der Waals surface area contributed by atoms with Crippen LogP contribution in [0.5, 0.6) is 11.5 Å². The van der Waals surface area contributed by atoms with E-state index in [0.29, 0.717) is 23.8 Å². The van der Waals surface area contributed by atoms with Gasteiger partial charge in [-0.3, -0.25) is 0 Å². The summed E-state index contributed by atoms with van der Waals surface area (Å²) in [4.78, 5) is 0. The third-order valence-corrected chi connectivity index (χ3v) is 4.94. The van der Waals surface area contributed by atoms with Crippen molar-refractivity contribution in [1.29, 1.82) is 0 Å². The molecule has 1 aliphatic rings. The monoisotopic (exact) mass is 395 g/mol. The van der Waals surface area contributed by atoms with E-state index in [2.05, 4.69) is 20.6 Å². The largest absolute Gasteiger partial charge is 0.497 e. The van der Waals surface area contributed by atoms with Crippen molar-refractivity contribution < 1.29 is 14.2 Å². The molecule has 0 radical (unpaired) electrons. The van der Waals surface area contributed by atoms with Crippen molar-refractivity contribution >= 4 is 5.82 Å². The highest BCUT2D eigenvalue weighted by molar-refractivity contribution is 5.66. The predicted molar refractivity (Wildman–Crippen MR) is 109 cm³/mol. The zero-order valence-electron chi connectivity index (χ0n) is 16.7. The second-order valence-electron chi connectivity index (χ2n) is 6.88. The number of anilines is 1. The second-order valence-corrected chi connectivity index (χ2v) is 6.88. The zero-order chi connectivity index (χ0) is 20.1. The van der Waals surface area contributed by atoms with Crippen LogP contribution in [-0.4, -0.2) is 40.8 Å². The summed E-state index contributed by atoms with van der Waals surface area (Å²) in [5.41, 5.74) is 2.62. The SMILES string of the molecule is COc1ccc(CNc2cc(OC)c(-c3cnn(C4CCCCO4)c3)nn2)cc1. The van der Waals surface area contributed by atoms with Crippen LogP contribution in [0.3, 0.4) is 0 Å². The van der Waals surface area contributed by atoms with Gasteiger partial charge in [0.2, 0.25) is 0 Å². The topological polar surface area (TPSA) is 83.3 Å². The molecule has 0 amide bonds. The molecule has 0 saturated carbocycles. The third kappa shape index (κ3) is 4.48. The first-order valence-corrected chi connectivity index (χ1v) is 9.71. The lowest BCUT2D eigenvalue weighted by Crippen LogP contribution is -2.18. The van der Waals surface area contributed by atoms with Crippen LogP contribution in [0.4, 0.5) is 5.82 Å². The Kier molecular flexibility index (Phi) is 5.90. The molecule has 4 rings (SSSR count). The second kappa shape index (κ2) is 8.91. The quantitative estimate of drug-likeness (QED) is 0.653. The standard InChI is InChI=1S/C21H25N5O3/c1-27-17-8-6-15(7-9-17)12-22-19-11-18(28-2)21(25-24-19)16-13-23-26(14-16)20-5-3-4-10-29-20/h6-9,11,13-14,20H,3-5,10,12H2,1-2H3,(H,22,24). The van der Waals surface area contributed by atoms with Gasteiger partial charge in [0.15, 0.2) is 11.6 Å². The third-order valence-electron chi connectivity index (χ3n) is 4.94. The fraction of sp³-hybridized carbons (Fsp3) is 0.381. The predicted octanol–water partition coefficient (Wildman–Crippen LogP) is 3.67. The zero-order valence-corrected chi connectivity index (χ0v) is 16.7. The van der Waals surface area contributed by atoms with Gasteiger partial charge in [0.1, 0.15) is 17.7 Å². The first-order chi connectivity index (χ1) is 14.3. The average Bonchev–Trinajstić information content (AvgIpc) is 3.28. The van der Waals surface area contributed by atoms with E-state index in [4.69, 9.17) is 14.2 Å². The van der Waals surface area contributed by atoms with E-state index in [9.17, 15) is 0 Å². The number of aromatic nitrogens is 4. The van der Waals surface area contributed by atoms with Crippen LogP contribution >= 0.6 is 0 Å². The van der Waals surface area contributed by atoms with Crippen molar-refractivity contribution in [3.8, 4) is 22.8 Å². The number of nitrogens with zero attached hydrogens (tertiary/aromatic N) is 4. The maximum absolute atomic E-state index is 5.79. The van der Waals surface area contributed by atoms with E-state index in [0.717, 1.165) is 42.7 Å². The molecule has 8 nitrogen and oxygen atoms in total. The molecule has 1 fully saturated rings. The van der Waals surface area contributed by atoms with Gasteiger partial charge in [-0.25, -0.2) is 4.68 Å². The van der Waals surface area contributed by atoms with Crippen molar-refractivity contribution in [3.05, 3.63) is 48.3 Å². The molecule has 1 aromatic carbocycles. The van der Waals surface area contributed by atoms with Gasteiger partial charge in [-0.05, 0) is 37.0 Å². The molecule has 1 N–H and O–H groups in total. The lowest BCUT2D eigenvalue weighted by molar-refractivity contribution is -0.0394. The van der Waals surface area contributed by atoms with Crippen LogP contribution in [0.2, 0.25) is 0 Å². The maximum Gasteiger partial charge on any atom is 0.152 e.